The summed E-state index contributed by atoms with van der Waals surface area (Å²) < 4.78 is 6.74. The van der Waals surface area contributed by atoms with E-state index in [0.29, 0.717) is 6.04 Å². The Morgan fingerprint density at radius 2 is 1.93 bits per heavy atom. The fourth-order valence-corrected chi connectivity index (χ4v) is 1.81. The average molecular weight is 319 g/mol. The third-order valence-electron chi connectivity index (χ3n) is 2.21. The molecular weight excluding hydrogens is 301 g/mol. The molecule has 0 aromatic heterocycles. The molecule has 1 rings (SSSR count). The van der Waals surface area contributed by atoms with Gasteiger partial charge in [0.05, 0.1) is 12.6 Å². The van der Waals surface area contributed by atoms with Crippen molar-refractivity contribution in [1.82, 2.24) is 5.32 Å². The average Bonchev–Trinajstić information content (AvgIpc) is 2.25. The van der Waals surface area contributed by atoms with Crippen molar-refractivity contribution in [3.05, 3.63) is 33.4 Å². The predicted octanol–water partition coefficient (Wildman–Crippen LogP) is 2.98. The van der Waals surface area contributed by atoms with Gasteiger partial charge in [-0.05, 0) is 53.8 Å². The molecule has 0 amide bonds. The van der Waals surface area contributed by atoms with Gasteiger partial charge in [0.1, 0.15) is 0 Å². The Morgan fingerprint density at radius 1 is 1.27 bits per heavy atom. The maximum absolute atomic E-state index is 5.47. The summed E-state index contributed by atoms with van der Waals surface area (Å²) in [4.78, 5) is 0. The maximum atomic E-state index is 5.47. The number of ether oxygens (including phenoxy) is 1. The van der Waals surface area contributed by atoms with E-state index in [4.69, 9.17) is 4.74 Å². The lowest BCUT2D eigenvalue weighted by Gasteiger charge is -2.18. The number of hydrogen-bond donors (Lipinski definition) is 1. The second-order valence-corrected chi connectivity index (χ2v) is 4.57. The Balaban J connectivity index is 2.65. The highest BCUT2D eigenvalue weighted by atomic mass is 127. The monoisotopic (exact) mass is 319 g/mol. The second kappa shape index (κ2) is 7.19. The van der Waals surface area contributed by atoms with Crippen LogP contribution in [0.5, 0.6) is 0 Å². The van der Waals surface area contributed by atoms with Crippen LogP contribution in [0.4, 0.5) is 0 Å². The zero-order valence-electron chi connectivity index (χ0n) is 9.29. The van der Waals surface area contributed by atoms with Gasteiger partial charge in [-0.15, -0.1) is 0 Å². The minimum absolute atomic E-state index is 0.312. The summed E-state index contributed by atoms with van der Waals surface area (Å²) in [7, 11) is 0. The Labute approximate surface area is 106 Å². The van der Waals surface area contributed by atoms with Gasteiger partial charge in [0, 0.05) is 10.2 Å². The number of halogens is 1. The lowest BCUT2D eigenvalue weighted by atomic mass is 10.1. The molecule has 0 fully saturated rings. The molecule has 0 saturated heterocycles. The summed E-state index contributed by atoms with van der Waals surface area (Å²) in [6.07, 6.45) is 0. The summed E-state index contributed by atoms with van der Waals surface area (Å²) >= 11 is 2.32. The van der Waals surface area contributed by atoms with Gasteiger partial charge in [-0.2, -0.15) is 0 Å². The first-order valence-corrected chi connectivity index (χ1v) is 6.42. The quantitative estimate of drug-likeness (QED) is 0.814. The summed E-state index contributed by atoms with van der Waals surface area (Å²) in [6.45, 7) is 6.61. The molecule has 0 spiro atoms. The molecular formula is C12H18INO. The van der Waals surface area contributed by atoms with E-state index in [2.05, 4.69) is 59.1 Å². The van der Waals surface area contributed by atoms with Crippen LogP contribution < -0.4 is 5.32 Å². The van der Waals surface area contributed by atoms with Gasteiger partial charge in [-0.1, -0.05) is 19.1 Å². The van der Waals surface area contributed by atoms with E-state index in [1.807, 2.05) is 6.92 Å². The predicted molar refractivity (Wildman–Crippen MR) is 72.1 cm³/mol. The van der Waals surface area contributed by atoms with Crippen molar-refractivity contribution < 1.29 is 4.74 Å². The van der Waals surface area contributed by atoms with Crippen LogP contribution in [0.15, 0.2) is 24.3 Å². The first-order chi connectivity index (χ1) is 7.27. The molecule has 0 bridgehead atoms. The topological polar surface area (TPSA) is 21.3 Å². The molecule has 0 aliphatic carbocycles. The molecule has 1 aromatic carbocycles. The van der Waals surface area contributed by atoms with Crippen LogP contribution in [-0.2, 0) is 4.74 Å². The highest BCUT2D eigenvalue weighted by Crippen LogP contribution is 2.15. The summed E-state index contributed by atoms with van der Waals surface area (Å²) in [5, 5.41) is 3.43. The maximum Gasteiger partial charge on any atom is 0.0661 e. The Kier molecular flexibility index (Phi) is 6.20. The van der Waals surface area contributed by atoms with E-state index in [-0.39, 0.29) is 0 Å². The van der Waals surface area contributed by atoms with Crippen molar-refractivity contribution in [2.24, 2.45) is 0 Å². The molecule has 1 aromatic rings. The summed E-state index contributed by atoms with van der Waals surface area (Å²) in [5.74, 6) is 0. The lowest BCUT2D eigenvalue weighted by Crippen LogP contribution is -2.25. The summed E-state index contributed by atoms with van der Waals surface area (Å²) in [5.41, 5.74) is 1.30. The Morgan fingerprint density at radius 3 is 2.47 bits per heavy atom. The Hall–Kier alpha value is -0.130. The van der Waals surface area contributed by atoms with E-state index in [1.165, 1.54) is 9.13 Å². The molecule has 1 atom stereocenters. The highest BCUT2D eigenvalue weighted by Gasteiger charge is 2.09. The van der Waals surface area contributed by atoms with Crippen molar-refractivity contribution in [2.75, 3.05) is 19.8 Å². The normalized spacial score (nSPS) is 12.7. The van der Waals surface area contributed by atoms with E-state index in [9.17, 15) is 0 Å². The minimum atomic E-state index is 0.312. The number of benzene rings is 1. The summed E-state index contributed by atoms with van der Waals surface area (Å²) in [6, 6.07) is 8.90. The van der Waals surface area contributed by atoms with Gasteiger partial charge in [-0.25, -0.2) is 0 Å². The van der Waals surface area contributed by atoms with E-state index < -0.39 is 0 Å². The van der Waals surface area contributed by atoms with Gasteiger partial charge in [0.15, 0.2) is 0 Å². The van der Waals surface area contributed by atoms with Crippen LogP contribution in [0.3, 0.4) is 0 Å². The molecule has 0 saturated carbocycles. The van der Waals surface area contributed by atoms with Crippen molar-refractivity contribution in [2.45, 2.75) is 19.9 Å². The number of nitrogens with one attached hydrogen (secondary N) is 1. The zero-order valence-corrected chi connectivity index (χ0v) is 11.5. The van der Waals surface area contributed by atoms with Crippen molar-refractivity contribution in [3.8, 4) is 0 Å². The van der Waals surface area contributed by atoms with Crippen LogP contribution in [0, 0.1) is 3.57 Å². The third-order valence-corrected chi connectivity index (χ3v) is 2.93. The molecule has 0 aliphatic rings. The first-order valence-electron chi connectivity index (χ1n) is 5.34. The standard InChI is InChI=1S/C12H18INO/c1-3-14-12(9-15-4-2)10-5-7-11(13)8-6-10/h5-8,12,14H,3-4,9H2,1-2H3. The van der Waals surface area contributed by atoms with Crippen LogP contribution in [0.2, 0.25) is 0 Å². The minimum Gasteiger partial charge on any atom is -0.380 e. The molecule has 1 N–H and O–H groups in total. The largest absolute Gasteiger partial charge is 0.380 e. The third kappa shape index (κ3) is 4.49. The second-order valence-electron chi connectivity index (χ2n) is 3.32. The molecule has 0 aliphatic heterocycles. The Bertz CT molecular complexity index is 273. The molecule has 0 heterocycles. The molecule has 3 heteroatoms. The van der Waals surface area contributed by atoms with Gasteiger partial charge in [-0.3, -0.25) is 0 Å². The molecule has 0 radical (unpaired) electrons. The number of rotatable bonds is 6. The number of hydrogen-bond acceptors (Lipinski definition) is 2. The van der Waals surface area contributed by atoms with Crippen LogP contribution in [-0.4, -0.2) is 19.8 Å². The lowest BCUT2D eigenvalue weighted by molar-refractivity contribution is 0.123. The highest BCUT2D eigenvalue weighted by molar-refractivity contribution is 14.1. The van der Waals surface area contributed by atoms with Gasteiger partial charge in [0.25, 0.3) is 0 Å². The molecule has 2 nitrogen and oxygen atoms in total. The molecule has 84 valence electrons. The smallest absolute Gasteiger partial charge is 0.0661 e. The zero-order chi connectivity index (χ0) is 11.1. The van der Waals surface area contributed by atoms with Gasteiger partial charge >= 0.3 is 0 Å². The van der Waals surface area contributed by atoms with Crippen LogP contribution >= 0.6 is 22.6 Å². The SMILES string of the molecule is CCNC(COCC)c1ccc(I)cc1. The van der Waals surface area contributed by atoms with E-state index in [0.717, 1.165) is 19.8 Å². The van der Waals surface area contributed by atoms with Gasteiger partial charge in [0.2, 0.25) is 0 Å². The van der Waals surface area contributed by atoms with Crippen molar-refractivity contribution in [1.29, 1.82) is 0 Å². The fraction of sp³-hybridized carbons (Fsp3) is 0.500. The van der Waals surface area contributed by atoms with Crippen LogP contribution in [0.1, 0.15) is 25.5 Å². The first kappa shape index (κ1) is 12.9. The van der Waals surface area contributed by atoms with Gasteiger partial charge < -0.3 is 10.1 Å². The fourth-order valence-electron chi connectivity index (χ4n) is 1.45. The van der Waals surface area contributed by atoms with Crippen molar-refractivity contribution in [3.63, 3.8) is 0 Å². The van der Waals surface area contributed by atoms with Crippen LogP contribution in [0.25, 0.3) is 0 Å². The molecule has 1 unspecified atom stereocenters. The molecule has 15 heavy (non-hydrogen) atoms. The van der Waals surface area contributed by atoms with E-state index >= 15 is 0 Å². The number of likely N-dealkylation sites (N-methyl/N-ethyl adjacent to an activating group) is 1. The van der Waals surface area contributed by atoms with Crippen molar-refractivity contribution >= 4 is 22.6 Å². The van der Waals surface area contributed by atoms with E-state index in [1.54, 1.807) is 0 Å².